The van der Waals surface area contributed by atoms with Gasteiger partial charge in [-0.3, -0.25) is 14.4 Å². The van der Waals surface area contributed by atoms with Gasteiger partial charge in [-0.2, -0.15) is 13.2 Å². The molecule has 0 bridgehead atoms. The second-order valence-corrected chi connectivity index (χ2v) is 14.6. The molecule has 2 heterocycles. The van der Waals surface area contributed by atoms with Crippen molar-refractivity contribution >= 4 is 35.2 Å². The fraction of sp³-hybridized carbons (Fsp3) is 0.341. The van der Waals surface area contributed by atoms with Crippen LogP contribution in [0.1, 0.15) is 61.3 Å². The van der Waals surface area contributed by atoms with E-state index >= 15 is 0 Å². The topological polar surface area (TPSA) is 117 Å². The van der Waals surface area contributed by atoms with E-state index in [1.54, 1.807) is 11.8 Å². The van der Waals surface area contributed by atoms with Crippen molar-refractivity contribution in [1.82, 2.24) is 10.2 Å². The van der Waals surface area contributed by atoms with E-state index in [0.29, 0.717) is 17.1 Å². The van der Waals surface area contributed by atoms with Gasteiger partial charge in [0.05, 0.1) is 18.8 Å². The van der Waals surface area contributed by atoms with Crippen LogP contribution >= 0.6 is 11.8 Å². The third-order valence-corrected chi connectivity index (χ3v) is 10.8. The number of likely N-dealkylation sites (tertiary alicyclic amines) is 1. The minimum atomic E-state index is -5.04. The van der Waals surface area contributed by atoms with Crippen molar-refractivity contribution in [3.63, 3.8) is 0 Å². The smallest absolute Gasteiger partial charge is 0.392 e. The SMILES string of the molecule is CC(=O)Nc1ccc(SC[C@H]2O[C@@H](c3ccc(-c4ccccc4CNC(=O)[C@@H]4CCCN4C(=O)C(F)(F)F)cc3)O[C@@H](c3ccc(CO)cc3)[C@H]2C)cc1. The van der Waals surface area contributed by atoms with Crippen molar-refractivity contribution in [2.45, 2.75) is 75.5 Å². The minimum Gasteiger partial charge on any atom is -0.392 e. The van der Waals surface area contributed by atoms with Gasteiger partial charge in [-0.15, -0.1) is 11.8 Å². The molecule has 0 saturated carbocycles. The summed E-state index contributed by atoms with van der Waals surface area (Å²) in [6.07, 6.45) is -5.73. The highest BCUT2D eigenvalue weighted by Crippen LogP contribution is 2.43. The average molecular weight is 762 g/mol. The predicted molar refractivity (Wildman–Crippen MR) is 199 cm³/mol. The Bertz CT molecular complexity index is 1920. The van der Waals surface area contributed by atoms with Gasteiger partial charge in [0.2, 0.25) is 11.8 Å². The summed E-state index contributed by atoms with van der Waals surface area (Å²) in [5.41, 5.74) is 5.75. The van der Waals surface area contributed by atoms with Crippen LogP contribution in [0.3, 0.4) is 0 Å². The van der Waals surface area contributed by atoms with Crippen molar-refractivity contribution in [2.24, 2.45) is 5.92 Å². The monoisotopic (exact) mass is 761 g/mol. The van der Waals surface area contributed by atoms with Crippen LogP contribution in [0.2, 0.25) is 0 Å². The minimum absolute atomic E-state index is 0.0170. The van der Waals surface area contributed by atoms with Crippen LogP contribution in [-0.2, 0) is 37.0 Å². The zero-order valence-corrected chi connectivity index (χ0v) is 30.7. The standard InChI is InChI=1S/C41H42F3N3O6S/c1-25-36(24-54-33-19-17-32(18-20-33)46-26(2)49)52-39(53-37(25)29-11-9-27(23-48)10-12-29)30-15-13-28(14-16-30)34-7-4-3-6-31(34)22-45-38(50)35-8-5-21-47(35)40(51)41(42,43)44/h3-4,6-7,9-20,25,35-37,39,48H,5,8,21-24H2,1-2H3,(H,45,50)(H,46,49)/t25-,35-,36+,37+,39+/m0/s1. The van der Waals surface area contributed by atoms with E-state index in [9.17, 15) is 32.7 Å². The number of aliphatic hydroxyl groups is 1. The molecule has 4 aromatic rings. The Morgan fingerprint density at radius 3 is 2.26 bits per heavy atom. The van der Waals surface area contributed by atoms with E-state index in [2.05, 4.69) is 17.6 Å². The fourth-order valence-electron chi connectivity index (χ4n) is 6.85. The first-order valence-electron chi connectivity index (χ1n) is 17.8. The summed E-state index contributed by atoms with van der Waals surface area (Å²) >= 11 is 1.65. The number of aliphatic hydroxyl groups excluding tert-OH is 1. The van der Waals surface area contributed by atoms with Crippen LogP contribution < -0.4 is 10.6 Å². The number of carbonyl (C=O) groups excluding carboxylic acids is 3. The molecule has 3 N–H and O–H groups in total. The maximum absolute atomic E-state index is 13.1. The summed E-state index contributed by atoms with van der Waals surface area (Å²) in [5.74, 6) is -2.12. The number of rotatable bonds is 11. The van der Waals surface area contributed by atoms with Crippen LogP contribution in [0.15, 0.2) is 102 Å². The molecule has 0 radical (unpaired) electrons. The number of amides is 3. The summed E-state index contributed by atoms with van der Waals surface area (Å²) < 4.78 is 52.6. The van der Waals surface area contributed by atoms with E-state index in [4.69, 9.17) is 9.47 Å². The van der Waals surface area contributed by atoms with Crippen molar-refractivity contribution in [3.8, 4) is 11.1 Å². The molecular weight excluding hydrogens is 720 g/mol. The van der Waals surface area contributed by atoms with Crippen molar-refractivity contribution in [1.29, 1.82) is 0 Å². The molecule has 2 aliphatic rings. The number of hydrogen-bond acceptors (Lipinski definition) is 7. The zero-order chi connectivity index (χ0) is 38.4. The lowest BCUT2D eigenvalue weighted by Crippen LogP contribution is -2.50. The zero-order valence-electron chi connectivity index (χ0n) is 29.8. The van der Waals surface area contributed by atoms with Crippen LogP contribution in [0.25, 0.3) is 11.1 Å². The van der Waals surface area contributed by atoms with Crippen molar-refractivity contribution in [2.75, 3.05) is 17.6 Å². The van der Waals surface area contributed by atoms with E-state index in [1.807, 2.05) is 97.1 Å². The number of anilines is 1. The molecule has 2 saturated heterocycles. The third kappa shape index (κ3) is 9.33. The van der Waals surface area contributed by atoms with Gasteiger partial charge in [-0.05, 0) is 64.9 Å². The van der Waals surface area contributed by atoms with Gasteiger partial charge in [0.15, 0.2) is 6.29 Å². The molecule has 284 valence electrons. The van der Waals surface area contributed by atoms with Gasteiger partial charge in [0.25, 0.3) is 0 Å². The predicted octanol–water partition coefficient (Wildman–Crippen LogP) is 7.56. The Morgan fingerprint density at radius 2 is 1.59 bits per heavy atom. The summed E-state index contributed by atoms with van der Waals surface area (Å²) in [6, 6.07) is 29.4. The molecule has 13 heteroatoms. The largest absolute Gasteiger partial charge is 0.471 e. The highest BCUT2D eigenvalue weighted by molar-refractivity contribution is 7.99. The van der Waals surface area contributed by atoms with Crippen LogP contribution in [0.5, 0.6) is 0 Å². The Balaban J connectivity index is 1.17. The number of halogens is 3. The second-order valence-electron chi connectivity index (χ2n) is 13.5. The second kappa shape index (κ2) is 17.2. The number of thioether (sulfide) groups is 1. The van der Waals surface area contributed by atoms with Gasteiger partial charge < -0.3 is 30.1 Å². The maximum Gasteiger partial charge on any atom is 0.471 e. The molecule has 2 fully saturated rings. The van der Waals surface area contributed by atoms with Crippen LogP contribution in [0, 0.1) is 5.92 Å². The van der Waals surface area contributed by atoms with Gasteiger partial charge >= 0.3 is 12.1 Å². The number of nitrogens with zero attached hydrogens (tertiary/aromatic N) is 1. The molecule has 0 spiro atoms. The van der Waals surface area contributed by atoms with Crippen LogP contribution in [0.4, 0.5) is 18.9 Å². The molecule has 0 aliphatic carbocycles. The first-order valence-corrected chi connectivity index (χ1v) is 18.7. The Morgan fingerprint density at radius 1 is 0.907 bits per heavy atom. The maximum atomic E-state index is 13.1. The van der Waals surface area contributed by atoms with Crippen molar-refractivity contribution in [3.05, 3.63) is 119 Å². The first-order chi connectivity index (χ1) is 25.9. The molecular formula is C41H42F3N3O6S. The third-order valence-electron chi connectivity index (χ3n) is 9.74. The molecule has 3 amide bonds. The first kappa shape index (κ1) is 39.0. The normalized spacial score (nSPS) is 21.4. The lowest BCUT2D eigenvalue weighted by atomic mass is 9.91. The Labute approximate surface area is 316 Å². The van der Waals surface area contributed by atoms with E-state index in [0.717, 1.165) is 44.0 Å². The summed E-state index contributed by atoms with van der Waals surface area (Å²) in [4.78, 5) is 38.0. The van der Waals surface area contributed by atoms with Crippen molar-refractivity contribution < 1.29 is 42.1 Å². The number of nitrogens with one attached hydrogen (secondary N) is 2. The molecule has 54 heavy (non-hydrogen) atoms. The molecule has 5 atom stereocenters. The molecule has 6 rings (SSSR count). The summed E-state index contributed by atoms with van der Waals surface area (Å²) in [6.45, 7) is 3.47. The number of hydrogen-bond donors (Lipinski definition) is 3. The Hall–Kier alpha value is -4.69. The lowest BCUT2D eigenvalue weighted by molar-refractivity contribution is -0.268. The van der Waals surface area contributed by atoms with Crippen LogP contribution in [-0.4, -0.2) is 58.3 Å². The highest BCUT2D eigenvalue weighted by atomic mass is 32.2. The molecule has 2 aliphatic heterocycles. The van der Waals surface area contributed by atoms with Gasteiger partial charge in [-0.1, -0.05) is 79.7 Å². The number of benzene rings is 4. The van der Waals surface area contributed by atoms with Gasteiger partial charge in [-0.25, -0.2) is 0 Å². The quantitative estimate of drug-likeness (QED) is 0.135. The number of ether oxygens (including phenoxy) is 2. The van der Waals surface area contributed by atoms with Gasteiger partial charge in [0.1, 0.15) is 6.04 Å². The van der Waals surface area contributed by atoms with Gasteiger partial charge in [0, 0.05) is 47.8 Å². The highest BCUT2D eigenvalue weighted by Gasteiger charge is 2.47. The van der Waals surface area contributed by atoms with E-state index in [-0.39, 0.29) is 50.2 Å². The summed E-state index contributed by atoms with van der Waals surface area (Å²) in [5, 5.41) is 15.1. The van der Waals surface area contributed by atoms with E-state index in [1.165, 1.54) is 6.92 Å². The lowest BCUT2D eigenvalue weighted by Gasteiger charge is -2.41. The summed E-state index contributed by atoms with van der Waals surface area (Å²) in [7, 11) is 0. The fourth-order valence-corrected chi connectivity index (χ4v) is 7.91. The number of carbonyl (C=O) groups is 3. The molecule has 9 nitrogen and oxygen atoms in total. The molecule has 0 unspecified atom stereocenters. The Kier molecular flexibility index (Phi) is 12.4. The molecule has 0 aromatic heterocycles. The average Bonchev–Trinajstić information content (AvgIpc) is 3.67. The molecule has 4 aromatic carbocycles. The van der Waals surface area contributed by atoms with E-state index < -0.39 is 30.3 Å². The number of alkyl halides is 3.